The number of H-pyrrole nitrogens is 1. The van der Waals surface area contributed by atoms with Crippen molar-refractivity contribution in [1.82, 2.24) is 14.9 Å². The third kappa shape index (κ3) is 3.95. The Kier molecular flexibility index (Phi) is 4.95. The van der Waals surface area contributed by atoms with Gasteiger partial charge in [0, 0.05) is 5.56 Å². The summed E-state index contributed by atoms with van der Waals surface area (Å²) in [5.41, 5.74) is 4.65. The quantitative estimate of drug-likeness (QED) is 0.689. The standard InChI is InChI=1S/C18H18N4O2S/c1-12-7-6-10-15(11-12)24-13(2)17(23)21-22-16(19-20-18(22)25)14-8-4-3-5-9-14/h3-11,13H,1-2H3,(H,20,25)(H,21,23). The Hall–Kier alpha value is -2.93. The van der Waals surface area contributed by atoms with Crippen LogP contribution in [0.1, 0.15) is 12.5 Å². The van der Waals surface area contributed by atoms with E-state index in [9.17, 15) is 4.79 Å². The maximum atomic E-state index is 12.5. The third-order valence-corrected chi connectivity index (χ3v) is 3.87. The number of carbonyl (C=O) groups excluding carboxylic acids is 1. The fourth-order valence-corrected chi connectivity index (χ4v) is 2.51. The summed E-state index contributed by atoms with van der Waals surface area (Å²) in [6.45, 7) is 3.65. The second-order valence-electron chi connectivity index (χ2n) is 5.61. The molecule has 2 N–H and O–H groups in total. The fraction of sp³-hybridized carbons (Fsp3) is 0.167. The first-order valence-corrected chi connectivity index (χ1v) is 8.22. The lowest BCUT2D eigenvalue weighted by Gasteiger charge is -2.16. The Morgan fingerprint density at radius 1 is 1.24 bits per heavy atom. The molecule has 1 unspecified atom stereocenters. The predicted octanol–water partition coefficient (Wildman–Crippen LogP) is 3.45. The van der Waals surface area contributed by atoms with Gasteiger partial charge in [-0.25, -0.2) is 9.77 Å². The van der Waals surface area contributed by atoms with Crippen molar-refractivity contribution in [2.24, 2.45) is 0 Å². The van der Waals surface area contributed by atoms with E-state index in [2.05, 4.69) is 15.6 Å². The molecule has 1 heterocycles. The summed E-state index contributed by atoms with van der Waals surface area (Å²) in [6.07, 6.45) is -0.692. The molecule has 0 aliphatic carbocycles. The van der Waals surface area contributed by atoms with E-state index in [-0.39, 0.29) is 5.91 Å². The second-order valence-corrected chi connectivity index (χ2v) is 5.99. The fourth-order valence-electron chi connectivity index (χ4n) is 2.33. The largest absolute Gasteiger partial charge is 0.481 e. The average molecular weight is 354 g/mol. The van der Waals surface area contributed by atoms with Crippen molar-refractivity contribution < 1.29 is 9.53 Å². The molecule has 1 atom stereocenters. The van der Waals surface area contributed by atoms with Gasteiger partial charge in [0.05, 0.1) is 0 Å². The lowest BCUT2D eigenvalue weighted by atomic mass is 10.2. The zero-order valence-corrected chi connectivity index (χ0v) is 14.7. The number of aromatic amines is 1. The van der Waals surface area contributed by atoms with E-state index in [1.807, 2.05) is 61.5 Å². The maximum absolute atomic E-state index is 12.5. The van der Waals surface area contributed by atoms with Crippen LogP contribution in [0.4, 0.5) is 0 Å². The molecule has 0 saturated carbocycles. The molecule has 0 aliphatic rings. The lowest BCUT2D eigenvalue weighted by molar-refractivity contribution is -0.123. The van der Waals surface area contributed by atoms with Crippen LogP contribution in [0.15, 0.2) is 54.6 Å². The minimum atomic E-state index is -0.692. The number of nitrogens with zero attached hydrogens (tertiary/aromatic N) is 2. The molecule has 6 nitrogen and oxygen atoms in total. The number of aromatic nitrogens is 3. The number of nitrogens with one attached hydrogen (secondary N) is 2. The molecule has 0 aliphatic heterocycles. The highest BCUT2D eigenvalue weighted by atomic mass is 32.1. The summed E-state index contributed by atoms with van der Waals surface area (Å²) < 4.78 is 7.45. The second kappa shape index (κ2) is 7.31. The normalized spacial score (nSPS) is 11.8. The molecule has 0 saturated heterocycles. The molecule has 7 heteroatoms. The van der Waals surface area contributed by atoms with Crippen LogP contribution in [0.25, 0.3) is 11.4 Å². The molecule has 25 heavy (non-hydrogen) atoms. The molecule has 1 aromatic heterocycles. The van der Waals surface area contributed by atoms with Gasteiger partial charge in [-0.15, -0.1) is 0 Å². The zero-order chi connectivity index (χ0) is 17.8. The van der Waals surface area contributed by atoms with Crippen molar-refractivity contribution in [2.45, 2.75) is 20.0 Å². The highest BCUT2D eigenvalue weighted by Gasteiger charge is 2.18. The van der Waals surface area contributed by atoms with Crippen LogP contribution >= 0.6 is 12.2 Å². The van der Waals surface area contributed by atoms with Gasteiger partial charge in [-0.2, -0.15) is 5.10 Å². The zero-order valence-electron chi connectivity index (χ0n) is 13.9. The average Bonchev–Trinajstić information content (AvgIpc) is 2.96. The van der Waals surface area contributed by atoms with Crippen LogP contribution in [0.5, 0.6) is 5.75 Å². The highest BCUT2D eigenvalue weighted by Crippen LogP contribution is 2.17. The van der Waals surface area contributed by atoms with Gasteiger partial charge in [0.2, 0.25) is 4.77 Å². The van der Waals surface area contributed by atoms with Crippen LogP contribution in [-0.2, 0) is 4.79 Å². The molecule has 2 aromatic carbocycles. The summed E-state index contributed by atoms with van der Waals surface area (Å²) in [4.78, 5) is 12.5. The van der Waals surface area contributed by atoms with Crippen LogP contribution in [0, 0.1) is 11.7 Å². The SMILES string of the molecule is Cc1cccc(OC(C)C(=O)Nn2c(-c3ccccc3)n[nH]c2=S)c1. The van der Waals surface area contributed by atoms with Crippen molar-refractivity contribution in [2.75, 3.05) is 5.43 Å². The molecule has 0 fully saturated rings. The van der Waals surface area contributed by atoms with Crippen LogP contribution < -0.4 is 10.2 Å². The Bertz CT molecular complexity index is 934. The van der Waals surface area contributed by atoms with Crippen molar-refractivity contribution in [3.63, 3.8) is 0 Å². The topological polar surface area (TPSA) is 71.9 Å². The van der Waals surface area contributed by atoms with Crippen LogP contribution in [0.3, 0.4) is 0 Å². The number of amides is 1. The molecular formula is C18H18N4O2S. The predicted molar refractivity (Wildman–Crippen MR) is 98.5 cm³/mol. The Balaban J connectivity index is 1.77. The van der Waals surface area contributed by atoms with E-state index < -0.39 is 6.10 Å². The third-order valence-electron chi connectivity index (χ3n) is 3.60. The molecule has 0 bridgehead atoms. The van der Waals surface area contributed by atoms with Crippen molar-refractivity contribution in [3.8, 4) is 17.1 Å². The van der Waals surface area contributed by atoms with Gasteiger partial charge < -0.3 is 4.74 Å². The number of hydrogen-bond donors (Lipinski definition) is 2. The smallest absolute Gasteiger partial charge is 0.279 e. The molecule has 3 rings (SSSR count). The summed E-state index contributed by atoms with van der Waals surface area (Å²) in [5.74, 6) is 0.847. The van der Waals surface area contributed by atoms with E-state index in [0.717, 1.165) is 11.1 Å². The van der Waals surface area contributed by atoms with Gasteiger partial charge in [-0.05, 0) is 43.8 Å². The molecule has 0 spiro atoms. The number of benzene rings is 2. The van der Waals surface area contributed by atoms with Gasteiger partial charge in [-0.1, -0.05) is 42.5 Å². The van der Waals surface area contributed by atoms with Crippen LogP contribution in [-0.4, -0.2) is 26.9 Å². The van der Waals surface area contributed by atoms with Crippen molar-refractivity contribution in [3.05, 3.63) is 64.9 Å². The summed E-state index contributed by atoms with van der Waals surface area (Å²) in [7, 11) is 0. The van der Waals surface area contributed by atoms with E-state index in [4.69, 9.17) is 17.0 Å². The molecule has 3 aromatic rings. The number of ether oxygens (including phenoxy) is 1. The Morgan fingerprint density at radius 2 is 2.00 bits per heavy atom. The molecule has 0 radical (unpaired) electrons. The van der Waals surface area contributed by atoms with Gasteiger partial charge in [0.25, 0.3) is 5.91 Å². The maximum Gasteiger partial charge on any atom is 0.279 e. The lowest BCUT2D eigenvalue weighted by Crippen LogP contribution is -2.35. The number of carbonyl (C=O) groups is 1. The van der Waals surface area contributed by atoms with E-state index in [1.165, 1.54) is 4.68 Å². The Labute approximate surface area is 150 Å². The number of rotatable bonds is 5. The molecule has 128 valence electrons. The van der Waals surface area contributed by atoms with Crippen molar-refractivity contribution in [1.29, 1.82) is 0 Å². The summed E-state index contributed by atoms with van der Waals surface area (Å²) >= 11 is 5.21. The van der Waals surface area contributed by atoms with Gasteiger partial charge >= 0.3 is 0 Å². The van der Waals surface area contributed by atoms with Crippen molar-refractivity contribution >= 4 is 18.1 Å². The van der Waals surface area contributed by atoms with E-state index in [1.54, 1.807) is 6.92 Å². The monoisotopic (exact) mass is 354 g/mol. The molecule has 1 amide bonds. The summed E-state index contributed by atoms with van der Waals surface area (Å²) in [6, 6.07) is 17.0. The first-order valence-electron chi connectivity index (χ1n) is 7.81. The highest BCUT2D eigenvalue weighted by molar-refractivity contribution is 7.71. The van der Waals surface area contributed by atoms with E-state index in [0.29, 0.717) is 16.3 Å². The minimum Gasteiger partial charge on any atom is -0.481 e. The number of aryl methyl sites for hydroxylation is 1. The Morgan fingerprint density at radius 3 is 2.72 bits per heavy atom. The van der Waals surface area contributed by atoms with Crippen LogP contribution in [0.2, 0.25) is 0 Å². The summed E-state index contributed by atoms with van der Waals surface area (Å²) in [5, 5.41) is 6.88. The van der Waals surface area contributed by atoms with Gasteiger partial charge in [0.15, 0.2) is 11.9 Å². The van der Waals surface area contributed by atoms with Gasteiger partial charge in [-0.3, -0.25) is 10.2 Å². The first-order chi connectivity index (χ1) is 12.0. The first kappa shape index (κ1) is 16.9. The van der Waals surface area contributed by atoms with Gasteiger partial charge in [0.1, 0.15) is 5.75 Å². The molecular weight excluding hydrogens is 336 g/mol. The number of hydrogen-bond acceptors (Lipinski definition) is 4. The van der Waals surface area contributed by atoms with E-state index >= 15 is 0 Å². The minimum absolute atomic E-state index is 0.301.